The van der Waals surface area contributed by atoms with Gasteiger partial charge in [0.1, 0.15) is 11.6 Å². The van der Waals surface area contributed by atoms with Crippen molar-refractivity contribution in [2.75, 3.05) is 19.0 Å². The lowest BCUT2D eigenvalue weighted by Gasteiger charge is -2.22. The molecule has 1 aromatic carbocycles. The normalized spacial score (nSPS) is 16.6. The fourth-order valence-electron chi connectivity index (χ4n) is 2.70. The van der Waals surface area contributed by atoms with Gasteiger partial charge in [-0.1, -0.05) is 32.1 Å². The van der Waals surface area contributed by atoms with Crippen molar-refractivity contribution in [1.29, 1.82) is 0 Å². The van der Waals surface area contributed by atoms with Crippen LogP contribution in [0, 0.1) is 11.7 Å². The molecule has 0 spiro atoms. The molecule has 0 bridgehead atoms. The number of ether oxygens (including phenoxy) is 1. The van der Waals surface area contributed by atoms with Crippen molar-refractivity contribution >= 4 is 5.69 Å². The Morgan fingerprint density at radius 3 is 2.78 bits per heavy atom. The van der Waals surface area contributed by atoms with E-state index in [1.807, 2.05) is 0 Å². The van der Waals surface area contributed by atoms with E-state index >= 15 is 0 Å². The van der Waals surface area contributed by atoms with Gasteiger partial charge in [0.25, 0.3) is 0 Å². The van der Waals surface area contributed by atoms with E-state index < -0.39 is 0 Å². The molecule has 0 atom stereocenters. The number of benzene rings is 1. The van der Waals surface area contributed by atoms with E-state index in [0.29, 0.717) is 5.75 Å². The molecule has 100 valence electrons. The van der Waals surface area contributed by atoms with E-state index in [4.69, 9.17) is 4.74 Å². The standard InChI is InChI=1S/C15H22FNO/c1-18-15-11-13(16)7-8-14(15)17-10-9-12-5-3-2-4-6-12/h7-8,11-12,17H,2-6,9-10H2,1H3. The molecular formula is C15H22FNO. The van der Waals surface area contributed by atoms with Crippen LogP contribution < -0.4 is 10.1 Å². The van der Waals surface area contributed by atoms with Gasteiger partial charge in [0.2, 0.25) is 0 Å². The zero-order valence-corrected chi connectivity index (χ0v) is 11.0. The number of hydrogen-bond acceptors (Lipinski definition) is 2. The molecule has 1 saturated carbocycles. The van der Waals surface area contributed by atoms with E-state index in [1.54, 1.807) is 13.2 Å². The molecule has 1 aliphatic rings. The predicted molar refractivity (Wildman–Crippen MR) is 72.6 cm³/mol. The zero-order valence-electron chi connectivity index (χ0n) is 11.0. The van der Waals surface area contributed by atoms with Gasteiger partial charge in [-0.3, -0.25) is 0 Å². The number of anilines is 1. The summed E-state index contributed by atoms with van der Waals surface area (Å²) >= 11 is 0. The summed E-state index contributed by atoms with van der Waals surface area (Å²) in [6.45, 7) is 0.937. The lowest BCUT2D eigenvalue weighted by molar-refractivity contribution is 0.345. The molecular weight excluding hydrogens is 229 g/mol. The summed E-state index contributed by atoms with van der Waals surface area (Å²) in [6, 6.07) is 4.63. The van der Waals surface area contributed by atoms with Crippen LogP contribution in [0.1, 0.15) is 38.5 Å². The van der Waals surface area contributed by atoms with Crippen LogP contribution in [0.25, 0.3) is 0 Å². The molecule has 1 fully saturated rings. The topological polar surface area (TPSA) is 21.3 Å². The zero-order chi connectivity index (χ0) is 12.8. The third kappa shape index (κ3) is 3.62. The molecule has 1 aromatic rings. The second-order valence-corrected chi connectivity index (χ2v) is 5.06. The van der Waals surface area contributed by atoms with E-state index in [1.165, 1.54) is 50.7 Å². The van der Waals surface area contributed by atoms with Gasteiger partial charge in [0.15, 0.2) is 0 Å². The second-order valence-electron chi connectivity index (χ2n) is 5.06. The molecule has 0 aliphatic heterocycles. The summed E-state index contributed by atoms with van der Waals surface area (Å²) in [5.74, 6) is 1.18. The highest BCUT2D eigenvalue weighted by molar-refractivity contribution is 5.56. The number of nitrogens with one attached hydrogen (secondary N) is 1. The van der Waals surface area contributed by atoms with Gasteiger partial charge < -0.3 is 10.1 Å². The summed E-state index contributed by atoms with van der Waals surface area (Å²) < 4.78 is 18.2. The summed E-state index contributed by atoms with van der Waals surface area (Å²) in [7, 11) is 1.57. The highest BCUT2D eigenvalue weighted by Gasteiger charge is 2.13. The van der Waals surface area contributed by atoms with Crippen molar-refractivity contribution in [2.24, 2.45) is 5.92 Å². The predicted octanol–water partition coefficient (Wildman–Crippen LogP) is 4.22. The first-order valence-corrected chi connectivity index (χ1v) is 6.87. The average Bonchev–Trinajstić information content (AvgIpc) is 2.41. The van der Waals surface area contributed by atoms with Crippen LogP contribution in [-0.4, -0.2) is 13.7 Å². The summed E-state index contributed by atoms with van der Waals surface area (Å²) in [6.07, 6.45) is 8.08. The molecule has 0 unspecified atom stereocenters. The van der Waals surface area contributed by atoms with Crippen molar-refractivity contribution in [1.82, 2.24) is 0 Å². The first kappa shape index (κ1) is 13.2. The minimum absolute atomic E-state index is 0.260. The van der Waals surface area contributed by atoms with Gasteiger partial charge in [0, 0.05) is 12.6 Å². The number of rotatable bonds is 5. The first-order valence-electron chi connectivity index (χ1n) is 6.87. The van der Waals surface area contributed by atoms with Gasteiger partial charge >= 0.3 is 0 Å². The quantitative estimate of drug-likeness (QED) is 0.846. The van der Waals surface area contributed by atoms with Crippen molar-refractivity contribution < 1.29 is 9.13 Å². The van der Waals surface area contributed by atoms with E-state index in [-0.39, 0.29) is 5.82 Å². The lowest BCUT2D eigenvalue weighted by atomic mass is 9.87. The van der Waals surface area contributed by atoms with Gasteiger partial charge in [-0.05, 0) is 24.5 Å². The fraction of sp³-hybridized carbons (Fsp3) is 0.600. The monoisotopic (exact) mass is 251 g/mol. The number of hydrogen-bond donors (Lipinski definition) is 1. The van der Waals surface area contributed by atoms with Gasteiger partial charge in [-0.2, -0.15) is 0 Å². The Morgan fingerprint density at radius 1 is 1.28 bits per heavy atom. The van der Waals surface area contributed by atoms with Gasteiger partial charge in [-0.25, -0.2) is 4.39 Å². The summed E-state index contributed by atoms with van der Waals surface area (Å²) in [5.41, 5.74) is 0.884. The van der Waals surface area contributed by atoms with E-state index in [0.717, 1.165) is 18.2 Å². The minimum atomic E-state index is -0.260. The van der Waals surface area contributed by atoms with E-state index in [2.05, 4.69) is 5.32 Å². The molecule has 1 N–H and O–H groups in total. The molecule has 0 saturated heterocycles. The van der Waals surface area contributed by atoms with Crippen LogP contribution in [0.3, 0.4) is 0 Å². The fourth-order valence-corrected chi connectivity index (χ4v) is 2.70. The Bertz CT molecular complexity index is 375. The Morgan fingerprint density at radius 2 is 2.06 bits per heavy atom. The van der Waals surface area contributed by atoms with Crippen molar-refractivity contribution in [3.05, 3.63) is 24.0 Å². The molecule has 0 heterocycles. The Balaban J connectivity index is 1.82. The smallest absolute Gasteiger partial charge is 0.144 e. The average molecular weight is 251 g/mol. The van der Waals surface area contributed by atoms with Crippen LogP contribution in [-0.2, 0) is 0 Å². The summed E-state index contributed by atoms with van der Waals surface area (Å²) in [5, 5.41) is 3.35. The minimum Gasteiger partial charge on any atom is -0.494 e. The van der Waals surface area contributed by atoms with Crippen LogP contribution in [0.4, 0.5) is 10.1 Å². The molecule has 0 radical (unpaired) electrons. The molecule has 0 aromatic heterocycles. The molecule has 0 amide bonds. The van der Waals surface area contributed by atoms with Crippen molar-refractivity contribution in [2.45, 2.75) is 38.5 Å². The number of halogens is 1. The van der Waals surface area contributed by atoms with Gasteiger partial charge in [0.05, 0.1) is 12.8 Å². The Hall–Kier alpha value is -1.25. The first-order chi connectivity index (χ1) is 8.79. The van der Waals surface area contributed by atoms with Crippen molar-refractivity contribution in [3.63, 3.8) is 0 Å². The third-order valence-corrected chi connectivity index (χ3v) is 3.76. The maximum absolute atomic E-state index is 13.0. The Kier molecular flexibility index (Phi) is 4.85. The van der Waals surface area contributed by atoms with Crippen LogP contribution in [0.2, 0.25) is 0 Å². The molecule has 2 nitrogen and oxygen atoms in total. The largest absolute Gasteiger partial charge is 0.494 e. The van der Waals surface area contributed by atoms with E-state index in [9.17, 15) is 4.39 Å². The second kappa shape index (κ2) is 6.62. The maximum atomic E-state index is 13.0. The molecule has 2 rings (SSSR count). The van der Waals surface area contributed by atoms with Crippen LogP contribution in [0.15, 0.2) is 18.2 Å². The summed E-state index contributed by atoms with van der Waals surface area (Å²) in [4.78, 5) is 0. The molecule has 18 heavy (non-hydrogen) atoms. The number of methoxy groups -OCH3 is 1. The van der Waals surface area contributed by atoms with Gasteiger partial charge in [-0.15, -0.1) is 0 Å². The molecule has 3 heteroatoms. The lowest BCUT2D eigenvalue weighted by Crippen LogP contribution is -2.12. The maximum Gasteiger partial charge on any atom is 0.144 e. The molecule has 1 aliphatic carbocycles. The van der Waals surface area contributed by atoms with Crippen LogP contribution >= 0.6 is 0 Å². The third-order valence-electron chi connectivity index (χ3n) is 3.76. The van der Waals surface area contributed by atoms with Crippen LogP contribution in [0.5, 0.6) is 5.75 Å². The van der Waals surface area contributed by atoms with Crippen molar-refractivity contribution in [3.8, 4) is 5.75 Å². The Labute approximate surface area is 109 Å². The highest BCUT2D eigenvalue weighted by Crippen LogP contribution is 2.28. The SMILES string of the molecule is COc1cc(F)ccc1NCCC1CCCCC1. The highest BCUT2D eigenvalue weighted by atomic mass is 19.1.